The van der Waals surface area contributed by atoms with Crippen LogP contribution in [0.1, 0.15) is 13.8 Å². The lowest BCUT2D eigenvalue weighted by Gasteiger charge is -2.35. The Balaban J connectivity index is 3.20. The molecule has 0 N–H and O–H groups in total. The fourth-order valence-corrected chi connectivity index (χ4v) is 2.66. The van der Waals surface area contributed by atoms with Gasteiger partial charge >= 0.3 is 10.6 Å². The Hall–Kier alpha value is -1.17. The van der Waals surface area contributed by atoms with Gasteiger partial charge in [-0.05, 0) is 0 Å². The van der Waals surface area contributed by atoms with E-state index in [9.17, 15) is 19.2 Å². The Labute approximate surface area is 69.4 Å². The van der Waals surface area contributed by atoms with E-state index in [1.165, 1.54) is 0 Å². The normalized spacial score (nSPS) is 22.2. The predicted octanol–water partition coefficient (Wildman–Crippen LogP) is 1.15. The van der Waals surface area contributed by atoms with Gasteiger partial charge in [0.25, 0.3) is 0 Å². The Morgan fingerprint density at radius 1 is 1.08 bits per heavy atom. The van der Waals surface area contributed by atoms with Crippen LogP contribution in [0.2, 0.25) is 0 Å². The maximum absolute atomic E-state index is 10.9. The van der Waals surface area contributed by atoms with Gasteiger partial charge < -0.3 is 4.74 Å². The van der Waals surface area contributed by atoms with E-state index in [4.69, 9.17) is 0 Å². The van der Waals surface area contributed by atoms with Crippen molar-refractivity contribution in [1.82, 2.24) is 0 Å². The molecule has 12 heavy (non-hydrogen) atoms. The minimum absolute atomic E-state index is 0.698. The number of hydrogen-bond acceptors (Lipinski definition) is 5. The predicted molar refractivity (Wildman–Crippen MR) is 40.8 cm³/mol. The van der Waals surface area contributed by atoms with E-state index in [-0.39, 0.29) is 0 Å². The molecule has 0 aromatic heterocycles. The molecule has 0 bridgehead atoms. The van der Waals surface area contributed by atoms with Gasteiger partial charge in [0.05, 0.1) is 10.0 Å². The van der Waals surface area contributed by atoms with Crippen LogP contribution in [0.3, 0.4) is 0 Å². The second-order valence-electron chi connectivity index (χ2n) is 2.20. The van der Waals surface area contributed by atoms with Gasteiger partial charge in [0.1, 0.15) is 0 Å². The van der Waals surface area contributed by atoms with Gasteiger partial charge in [-0.1, -0.05) is 0 Å². The van der Waals surface area contributed by atoms with Gasteiger partial charge in [-0.15, -0.1) is 0 Å². The zero-order valence-corrected chi connectivity index (χ0v) is 7.27. The van der Waals surface area contributed by atoms with Gasteiger partial charge in [-0.3, -0.25) is 9.59 Å². The highest BCUT2D eigenvalue weighted by Gasteiger charge is 2.61. The molecule has 0 aromatic carbocycles. The lowest BCUT2D eigenvalue weighted by atomic mass is 10.9. The minimum Gasteiger partial charge on any atom is -0.376 e. The molecule has 1 saturated heterocycles. The average Bonchev–Trinajstić information content (AvgIpc) is 1.84. The van der Waals surface area contributed by atoms with Crippen molar-refractivity contribution < 1.29 is 23.9 Å². The van der Waals surface area contributed by atoms with E-state index in [0.717, 1.165) is 13.8 Å². The molecule has 0 aromatic rings. The zero-order chi connectivity index (χ0) is 9.52. The largest absolute Gasteiger partial charge is 0.381 e. The number of hydrogen-bond donors (Lipinski definition) is 0. The molecule has 0 saturated carbocycles. The van der Waals surface area contributed by atoms with Crippen molar-refractivity contribution in [3.8, 4) is 0 Å². The Morgan fingerprint density at radius 2 is 1.42 bits per heavy atom. The first-order valence-electron chi connectivity index (χ1n) is 3.04. The third-order valence-electron chi connectivity index (χ3n) is 1.53. The summed E-state index contributed by atoms with van der Waals surface area (Å²) in [7, 11) is -3.06. The Kier molecular flexibility index (Phi) is 1.79. The van der Waals surface area contributed by atoms with Crippen LogP contribution < -0.4 is 0 Å². The average molecular weight is 190 g/mol. The SMILES string of the molecule is CC(=O)S1(C(C)=O)C(=O)OC1=O. The standard InChI is InChI=1S/C6H6O5S/c1-3(7)12(4(2)8)5(9)11-6(12)10/h1-2H3. The monoisotopic (exact) mass is 190 g/mol. The lowest BCUT2D eigenvalue weighted by Crippen LogP contribution is -2.42. The van der Waals surface area contributed by atoms with Crippen molar-refractivity contribution in [2.75, 3.05) is 0 Å². The first-order valence-corrected chi connectivity index (χ1v) is 4.67. The summed E-state index contributed by atoms with van der Waals surface area (Å²) in [4.78, 5) is 43.4. The summed E-state index contributed by atoms with van der Waals surface area (Å²) < 4.78 is 4.00. The fraction of sp³-hybridized carbons (Fsp3) is 0.333. The highest BCUT2D eigenvalue weighted by molar-refractivity contribution is 8.75. The molecule has 0 spiro atoms. The summed E-state index contributed by atoms with van der Waals surface area (Å²) in [6.45, 7) is 2.10. The van der Waals surface area contributed by atoms with E-state index in [0.29, 0.717) is 0 Å². The van der Waals surface area contributed by atoms with Crippen LogP contribution in [0.5, 0.6) is 0 Å². The number of carbonyl (C=O) groups is 4. The molecule has 1 fully saturated rings. The molecular weight excluding hydrogens is 184 g/mol. The second-order valence-corrected chi connectivity index (χ2v) is 5.24. The third-order valence-corrected chi connectivity index (χ3v) is 4.42. The Morgan fingerprint density at radius 3 is 1.50 bits per heavy atom. The molecule has 1 heterocycles. The third kappa shape index (κ3) is 0.752. The van der Waals surface area contributed by atoms with Crippen molar-refractivity contribution >= 4 is 30.9 Å². The van der Waals surface area contributed by atoms with Crippen LogP contribution in [0.25, 0.3) is 0 Å². The van der Waals surface area contributed by atoms with Crippen molar-refractivity contribution in [1.29, 1.82) is 0 Å². The van der Waals surface area contributed by atoms with Crippen molar-refractivity contribution in [3.05, 3.63) is 0 Å². The van der Waals surface area contributed by atoms with Gasteiger partial charge in [-0.2, -0.15) is 0 Å². The molecule has 0 radical (unpaired) electrons. The minimum atomic E-state index is -3.06. The van der Waals surface area contributed by atoms with Crippen molar-refractivity contribution in [2.45, 2.75) is 13.8 Å². The van der Waals surface area contributed by atoms with Crippen LogP contribution in [-0.2, 0) is 14.3 Å². The van der Waals surface area contributed by atoms with E-state index in [2.05, 4.69) is 4.74 Å². The summed E-state index contributed by atoms with van der Waals surface area (Å²) in [5.41, 5.74) is 0. The molecular formula is C6H6O5S. The molecule has 0 unspecified atom stereocenters. The number of carbonyl (C=O) groups excluding carboxylic acids is 4. The highest BCUT2D eigenvalue weighted by Crippen LogP contribution is 2.60. The first-order chi connectivity index (χ1) is 5.44. The quantitative estimate of drug-likeness (QED) is 0.423. The molecule has 1 aliphatic rings. The van der Waals surface area contributed by atoms with E-state index < -0.39 is 30.9 Å². The van der Waals surface area contributed by atoms with Crippen LogP contribution in [0.4, 0.5) is 9.59 Å². The molecule has 0 atom stereocenters. The smallest absolute Gasteiger partial charge is 0.376 e. The van der Waals surface area contributed by atoms with Gasteiger partial charge in [0, 0.05) is 13.8 Å². The molecule has 0 aliphatic carbocycles. The molecule has 1 aliphatic heterocycles. The summed E-state index contributed by atoms with van der Waals surface area (Å²) in [6.07, 6.45) is 0. The molecule has 1 rings (SSSR count). The topological polar surface area (TPSA) is 77.5 Å². The maximum atomic E-state index is 10.9. The lowest BCUT2D eigenvalue weighted by molar-refractivity contribution is -0.111. The van der Waals surface area contributed by atoms with Crippen LogP contribution in [-0.4, -0.2) is 20.8 Å². The van der Waals surface area contributed by atoms with Crippen molar-refractivity contribution in [2.24, 2.45) is 0 Å². The first kappa shape index (κ1) is 8.92. The van der Waals surface area contributed by atoms with E-state index in [1.807, 2.05) is 0 Å². The number of cyclic esters (lactones) is 2. The van der Waals surface area contributed by atoms with Crippen LogP contribution in [0.15, 0.2) is 0 Å². The second kappa shape index (κ2) is 2.41. The highest BCUT2D eigenvalue weighted by atomic mass is 32.3. The van der Waals surface area contributed by atoms with E-state index in [1.54, 1.807) is 0 Å². The molecule has 6 heteroatoms. The maximum Gasteiger partial charge on any atom is 0.381 e. The van der Waals surface area contributed by atoms with E-state index >= 15 is 0 Å². The molecule has 5 nitrogen and oxygen atoms in total. The van der Waals surface area contributed by atoms with Crippen LogP contribution >= 0.6 is 10.0 Å². The fourth-order valence-electron chi connectivity index (χ4n) is 0.899. The zero-order valence-electron chi connectivity index (χ0n) is 6.45. The van der Waals surface area contributed by atoms with Crippen LogP contribution in [0, 0.1) is 0 Å². The number of ether oxygens (including phenoxy) is 1. The summed E-state index contributed by atoms with van der Waals surface area (Å²) in [5, 5.41) is -3.35. The number of rotatable bonds is 0. The van der Waals surface area contributed by atoms with Gasteiger partial charge in [-0.25, -0.2) is 9.59 Å². The van der Waals surface area contributed by atoms with Crippen molar-refractivity contribution in [3.63, 3.8) is 0 Å². The Bertz CT molecular complexity index is 256. The van der Waals surface area contributed by atoms with Gasteiger partial charge in [0.2, 0.25) is 0 Å². The summed E-state index contributed by atoms with van der Waals surface area (Å²) in [5.74, 6) is 0. The van der Waals surface area contributed by atoms with Gasteiger partial charge in [0.15, 0.2) is 10.2 Å². The summed E-state index contributed by atoms with van der Waals surface area (Å²) >= 11 is 0. The molecule has 0 amide bonds. The molecule has 66 valence electrons. The summed E-state index contributed by atoms with van der Waals surface area (Å²) in [6, 6.07) is 0.